The van der Waals surface area contributed by atoms with Gasteiger partial charge in [-0.15, -0.1) is 0 Å². The molecule has 0 saturated heterocycles. The number of anilines is 1. The summed E-state index contributed by atoms with van der Waals surface area (Å²) in [7, 11) is 1.57. The highest BCUT2D eigenvalue weighted by Gasteiger charge is 2.33. The van der Waals surface area contributed by atoms with Crippen molar-refractivity contribution in [1.29, 1.82) is 0 Å². The van der Waals surface area contributed by atoms with E-state index in [-0.39, 0.29) is 10.8 Å². The smallest absolute Gasteiger partial charge is 0.418 e. The lowest BCUT2D eigenvalue weighted by Gasteiger charge is -2.14. The third-order valence-electron chi connectivity index (χ3n) is 3.22. The average molecular weight is 379 g/mol. The molecule has 8 heteroatoms. The molecular formula is C18H16F3N3OS. The lowest BCUT2D eigenvalue weighted by atomic mass is 10.2. The number of nitrogens with one attached hydrogen (secondary N) is 2. The molecule has 0 unspecified atom stereocenters. The molecule has 4 nitrogen and oxygen atoms in total. The molecule has 2 aromatic carbocycles. The van der Waals surface area contributed by atoms with E-state index in [1.807, 2.05) is 24.3 Å². The minimum atomic E-state index is -4.47. The van der Waals surface area contributed by atoms with Crippen LogP contribution in [0.2, 0.25) is 0 Å². The van der Waals surface area contributed by atoms with Crippen LogP contribution < -0.4 is 15.5 Å². The standard InChI is InChI=1S/C18H16F3N3OS/c1-25-16-11-5-2-7-13(16)8-6-12-22-24-17(26)23-15-10-4-3-9-14(15)18(19,20)21/h2-12H,1H3,(H2,23,24,26)/b8-6+,22-12+. The van der Waals surface area contributed by atoms with Crippen LogP contribution in [0.25, 0.3) is 6.08 Å². The maximum Gasteiger partial charge on any atom is 0.418 e. The summed E-state index contributed by atoms with van der Waals surface area (Å²) < 4.78 is 44.0. The Bertz CT molecular complexity index is 819. The van der Waals surface area contributed by atoms with Gasteiger partial charge in [0.15, 0.2) is 5.11 Å². The van der Waals surface area contributed by atoms with Crippen molar-refractivity contribution in [3.8, 4) is 5.75 Å². The third kappa shape index (κ3) is 5.59. The predicted molar refractivity (Wildman–Crippen MR) is 101 cm³/mol. The van der Waals surface area contributed by atoms with Gasteiger partial charge in [-0.05, 0) is 42.6 Å². The topological polar surface area (TPSA) is 45.6 Å². The Labute approximate surface area is 154 Å². The fourth-order valence-corrected chi connectivity index (χ4v) is 2.24. The summed E-state index contributed by atoms with van der Waals surface area (Å²) >= 11 is 4.95. The molecule has 26 heavy (non-hydrogen) atoms. The van der Waals surface area contributed by atoms with E-state index in [9.17, 15) is 13.2 Å². The Kier molecular flexibility index (Phi) is 6.74. The number of halogens is 3. The minimum Gasteiger partial charge on any atom is -0.496 e. The summed E-state index contributed by atoms with van der Waals surface area (Å²) in [4.78, 5) is 0. The molecule has 0 aromatic heterocycles. The maximum absolute atomic E-state index is 12.9. The zero-order valence-corrected chi connectivity index (χ0v) is 14.6. The molecule has 2 aromatic rings. The van der Waals surface area contributed by atoms with Crippen LogP contribution in [0.15, 0.2) is 59.7 Å². The first kappa shape index (κ1) is 19.5. The van der Waals surface area contributed by atoms with Crippen molar-refractivity contribution in [2.45, 2.75) is 6.18 Å². The van der Waals surface area contributed by atoms with Crippen LogP contribution in [0.3, 0.4) is 0 Å². The normalized spacial score (nSPS) is 11.7. The first-order valence-electron chi connectivity index (χ1n) is 7.48. The van der Waals surface area contributed by atoms with Crippen molar-refractivity contribution in [1.82, 2.24) is 5.43 Å². The van der Waals surface area contributed by atoms with Gasteiger partial charge in [-0.1, -0.05) is 30.3 Å². The van der Waals surface area contributed by atoms with Crippen LogP contribution in [0, 0.1) is 0 Å². The van der Waals surface area contributed by atoms with Gasteiger partial charge in [0.25, 0.3) is 0 Å². The van der Waals surface area contributed by atoms with E-state index in [4.69, 9.17) is 17.0 Å². The Hall–Kier alpha value is -2.87. The van der Waals surface area contributed by atoms with Gasteiger partial charge in [-0.25, -0.2) is 0 Å². The lowest BCUT2D eigenvalue weighted by molar-refractivity contribution is -0.136. The summed E-state index contributed by atoms with van der Waals surface area (Å²) in [6.45, 7) is 0. The molecular weight excluding hydrogens is 363 g/mol. The summed E-state index contributed by atoms with van der Waals surface area (Å²) in [5.74, 6) is 0.714. The van der Waals surface area contributed by atoms with Crippen molar-refractivity contribution in [2.24, 2.45) is 5.10 Å². The SMILES string of the molecule is COc1ccccc1/C=C/C=N/NC(=S)Nc1ccccc1C(F)(F)F. The van der Waals surface area contributed by atoms with Crippen molar-refractivity contribution in [3.63, 3.8) is 0 Å². The van der Waals surface area contributed by atoms with Crippen molar-refractivity contribution in [3.05, 3.63) is 65.7 Å². The second-order valence-corrected chi connectivity index (χ2v) is 5.40. The Morgan fingerprint density at radius 1 is 1.12 bits per heavy atom. The van der Waals surface area contributed by atoms with Crippen LogP contribution in [-0.2, 0) is 6.18 Å². The van der Waals surface area contributed by atoms with Crippen LogP contribution in [0.1, 0.15) is 11.1 Å². The van der Waals surface area contributed by atoms with Gasteiger partial charge in [0.05, 0.1) is 18.4 Å². The molecule has 2 rings (SSSR count). The molecule has 0 heterocycles. The number of hydrogen-bond donors (Lipinski definition) is 2. The van der Waals surface area contributed by atoms with Crippen LogP contribution in [0.5, 0.6) is 5.75 Å². The molecule has 0 amide bonds. The molecule has 0 aliphatic rings. The molecule has 0 aliphatic heterocycles. The summed E-state index contributed by atoms with van der Waals surface area (Å²) in [6, 6.07) is 12.5. The first-order valence-corrected chi connectivity index (χ1v) is 7.88. The lowest BCUT2D eigenvalue weighted by Crippen LogP contribution is -2.25. The van der Waals surface area contributed by atoms with Crippen molar-refractivity contribution in [2.75, 3.05) is 12.4 Å². The highest BCUT2D eigenvalue weighted by molar-refractivity contribution is 7.80. The molecule has 0 spiro atoms. The molecule has 136 valence electrons. The third-order valence-corrected chi connectivity index (χ3v) is 3.42. The number of hydrazone groups is 1. The highest BCUT2D eigenvalue weighted by atomic mass is 32.1. The zero-order valence-electron chi connectivity index (χ0n) is 13.7. The number of thiocarbonyl (C=S) groups is 1. The molecule has 2 N–H and O–H groups in total. The van der Waals surface area contributed by atoms with Gasteiger partial charge in [-0.3, -0.25) is 5.43 Å². The number of para-hydroxylation sites is 2. The quantitative estimate of drug-likeness (QED) is 0.449. The number of allylic oxidation sites excluding steroid dienone is 1. The number of alkyl halides is 3. The van der Waals surface area contributed by atoms with Gasteiger partial charge in [0.2, 0.25) is 0 Å². The fourth-order valence-electron chi connectivity index (χ4n) is 2.08. The molecule has 0 saturated carbocycles. The molecule has 0 fully saturated rings. The van der Waals surface area contributed by atoms with E-state index in [0.29, 0.717) is 5.75 Å². The summed E-state index contributed by atoms with van der Waals surface area (Å²) in [6.07, 6.45) is 0.382. The van der Waals surface area contributed by atoms with E-state index < -0.39 is 11.7 Å². The number of nitrogens with zero attached hydrogens (tertiary/aromatic N) is 1. The van der Waals surface area contributed by atoms with E-state index in [0.717, 1.165) is 11.6 Å². The largest absolute Gasteiger partial charge is 0.496 e. The summed E-state index contributed by atoms with van der Waals surface area (Å²) in [5, 5.41) is 6.28. The van der Waals surface area contributed by atoms with E-state index >= 15 is 0 Å². The van der Waals surface area contributed by atoms with Gasteiger partial charge in [0, 0.05) is 11.8 Å². The molecule has 0 bridgehead atoms. The number of benzene rings is 2. The van der Waals surface area contributed by atoms with Crippen LogP contribution in [0.4, 0.5) is 18.9 Å². The minimum absolute atomic E-state index is 0.0522. The van der Waals surface area contributed by atoms with Gasteiger partial charge in [0.1, 0.15) is 5.75 Å². The number of ether oxygens (including phenoxy) is 1. The van der Waals surface area contributed by atoms with E-state index in [1.54, 1.807) is 19.3 Å². The van der Waals surface area contributed by atoms with Crippen molar-refractivity contribution < 1.29 is 17.9 Å². The van der Waals surface area contributed by atoms with Gasteiger partial charge in [-0.2, -0.15) is 18.3 Å². The number of rotatable bonds is 5. The van der Waals surface area contributed by atoms with Gasteiger partial charge < -0.3 is 10.1 Å². The number of methoxy groups -OCH3 is 1. The van der Waals surface area contributed by atoms with E-state index in [2.05, 4.69) is 15.8 Å². The second-order valence-electron chi connectivity index (χ2n) is 4.99. The molecule has 0 aliphatic carbocycles. The second kappa shape index (κ2) is 9.00. The monoisotopic (exact) mass is 379 g/mol. The van der Waals surface area contributed by atoms with Crippen molar-refractivity contribution >= 4 is 35.3 Å². The Morgan fingerprint density at radius 2 is 1.81 bits per heavy atom. The Morgan fingerprint density at radius 3 is 2.54 bits per heavy atom. The zero-order chi connectivity index (χ0) is 19.0. The predicted octanol–water partition coefficient (Wildman–Crippen LogP) is 4.70. The van der Waals surface area contributed by atoms with Crippen LogP contribution >= 0.6 is 12.2 Å². The molecule has 0 radical (unpaired) electrons. The average Bonchev–Trinajstić information content (AvgIpc) is 2.61. The number of hydrogen-bond acceptors (Lipinski definition) is 3. The highest BCUT2D eigenvalue weighted by Crippen LogP contribution is 2.34. The molecule has 0 atom stereocenters. The maximum atomic E-state index is 12.9. The first-order chi connectivity index (χ1) is 12.4. The van der Waals surface area contributed by atoms with E-state index in [1.165, 1.54) is 24.4 Å². The summed E-state index contributed by atoms with van der Waals surface area (Å²) in [5.41, 5.74) is 2.38. The van der Waals surface area contributed by atoms with Gasteiger partial charge >= 0.3 is 6.18 Å². The Balaban J connectivity index is 1.93. The van der Waals surface area contributed by atoms with Crippen LogP contribution in [-0.4, -0.2) is 18.4 Å². The fraction of sp³-hybridized carbons (Fsp3) is 0.111.